The van der Waals surface area contributed by atoms with Crippen molar-refractivity contribution in [3.63, 3.8) is 0 Å². The van der Waals surface area contributed by atoms with Crippen LogP contribution in [0.1, 0.15) is 28.2 Å². The summed E-state index contributed by atoms with van der Waals surface area (Å²) in [6.07, 6.45) is -0.505. The van der Waals surface area contributed by atoms with Gasteiger partial charge in [-0.25, -0.2) is 4.79 Å². The minimum Gasteiger partial charge on any atom is -0.507 e. The number of aromatic hydroxyl groups is 1. The highest BCUT2D eigenvalue weighted by molar-refractivity contribution is 5.79. The summed E-state index contributed by atoms with van der Waals surface area (Å²) in [4.78, 5) is 12.1. The Bertz CT molecular complexity index is 1080. The van der Waals surface area contributed by atoms with E-state index in [2.05, 4.69) is 41.4 Å². The van der Waals surface area contributed by atoms with Gasteiger partial charge in [0.25, 0.3) is 0 Å². The Morgan fingerprint density at radius 2 is 1.69 bits per heavy atom. The first-order chi connectivity index (χ1) is 14.1. The molecule has 1 aliphatic rings. The average Bonchev–Trinajstić information content (AvgIpc) is 3.05. The number of fused-ring (bicyclic) bond motifs is 3. The summed E-state index contributed by atoms with van der Waals surface area (Å²) in [5, 5.41) is 12.5. The number of rotatable bonds is 3. The van der Waals surface area contributed by atoms with Crippen molar-refractivity contribution in [3.05, 3.63) is 89.0 Å². The van der Waals surface area contributed by atoms with Gasteiger partial charge in [-0.3, -0.25) is 0 Å². The summed E-state index contributed by atoms with van der Waals surface area (Å²) >= 11 is 0. The van der Waals surface area contributed by atoms with Gasteiger partial charge >= 0.3 is 6.09 Å². The van der Waals surface area contributed by atoms with Crippen molar-refractivity contribution < 1.29 is 14.6 Å². The summed E-state index contributed by atoms with van der Waals surface area (Å²) in [7, 11) is 0. The van der Waals surface area contributed by atoms with Crippen LogP contribution in [0.5, 0.6) is 5.75 Å². The number of hydrogen-bond donors (Lipinski definition) is 2. The summed E-state index contributed by atoms with van der Waals surface area (Å²) in [5.41, 5.74) is 6.24. The molecule has 0 fully saturated rings. The smallest absolute Gasteiger partial charge is 0.407 e. The van der Waals surface area contributed by atoms with E-state index in [9.17, 15) is 9.90 Å². The quantitative estimate of drug-likeness (QED) is 0.651. The van der Waals surface area contributed by atoms with E-state index in [0.717, 1.165) is 5.56 Å². The lowest BCUT2D eigenvalue weighted by Gasteiger charge is -2.14. The molecule has 29 heavy (non-hydrogen) atoms. The molecule has 2 N–H and O–H groups in total. The largest absolute Gasteiger partial charge is 0.507 e. The summed E-state index contributed by atoms with van der Waals surface area (Å²) in [6.45, 7) is 2.31. The topological polar surface area (TPSA) is 58.6 Å². The van der Waals surface area contributed by atoms with Crippen molar-refractivity contribution in [1.82, 2.24) is 5.32 Å². The minimum absolute atomic E-state index is 0.0312. The molecule has 0 atom stereocenters. The molecule has 3 aromatic carbocycles. The molecule has 0 aromatic heterocycles. The number of alkyl carbamates (subject to hydrolysis) is 1. The first-order valence-corrected chi connectivity index (χ1v) is 9.51. The van der Waals surface area contributed by atoms with Crippen molar-refractivity contribution in [2.75, 3.05) is 13.2 Å². The first kappa shape index (κ1) is 18.6. The number of benzene rings is 3. The maximum Gasteiger partial charge on any atom is 0.407 e. The van der Waals surface area contributed by atoms with Gasteiger partial charge in [0.15, 0.2) is 0 Å². The number of phenols is 1. The summed E-state index contributed by atoms with van der Waals surface area (Å²) in [6, 6.07) is 21.7. The molecular formula is C25H21NO3. The van der Waals surface area contributed by atoms with Gasteiger partial charge in [-0.15, -0.1) is 0 Å². The third-order valence-electron chi connectivity index (χ3n) is 5.04. The van der Waals surface area contributed by atoms with Crippen LogP contribution in [0.15, 0.2) is 66.7 Å². The number of phenolic OH excluding ortho intramolecular Hbond substituents is 1. The van der Waals surface area contributed by atoms with Crippen molar-refractivity contribution in [3.8, 4) is 28.7 Å². The van der Waals surface area contributed by atoms with E-state index >= 15 is 0 Å². The molecule has 1 aliphatic carbocycles. The third kappa shape index (κ3) is 3.95. The van der Waals surface area contributed by atoms with E-state index in [4.69, 9.17) is 4.74 Å². The van der Waals surface area contributed by atoms with E-state index in [0.29, 0.717) is 5.56 Å². The molecule has 4 rings (SSSR count). The number of hydrogen-bond acceptors (Lipinski definition) is 3. The summed E-state index contributed by atoms with van der Waals surface area (Å²) in [5.74, 6) is 5.85. The molecule has 0 heterocycles. The van der Waals surface area contributed by atoms with Crippen LogP contribution >= 0.6 is 0 Å². The maximum absolute atomic E-state index is 12.1. The Morgan fingerprint density at radius 1 is 1.03 bits per heavy atom. The number of carbonyl (C=O) groups excluding carboxylic acids is 1. The van der Waals surface area contributed by atoms with E-state index in [1.54, 1.807) is 12.1 Å². The van der Waals surface area contributed by atoms with Crippen LogP contribution in [0, 0.1) is 18.8 Å². The highest BCUT2D eigenvalue weighted by Gasteiger charge is 2.28. The number of aryl methyl sites for hydroxylation is 1. The van der Waals surface area contributed by atoms with Crippen LogP contribution in [-0.2, 0) is 4.74 Å². The van der Waals surface area contributed by atoms with Crippen LogP contribution in [0.2, 0.25) is 0 Å². The molecule has 0 saturated carbocycles. The zero-order valence-corrected chi connectivity index (χ0v) is 16.1. The number of ether oxygens (including phenoxy) is 1. The number of carbonyl (C=O) groups is 1. The molecule has 0 bridgehead atoms. The number of amides is 1. The molecular weight excluding hydrogens is 362 g/mol. The normalized spacial score (nSPS) is 11.8. The summed E-state index contributed by atoms with van der Waals surface area (Å²) < 4.78 is 5.46. The lowest BCUT2D eigenvalue weighted by atomic mass is 9.98. The predicted molar refractivity (Wildman–Crippen MR) is 113 cm³/mol. The standard InChI is InChI=1S/C25H21NO3/c1-17-12-13-18(24(27)15-17)7-6-14-26-25(28)29-16-23-21-10-4-2-8-19(21)20-9-3-5-11-22(20)23/h2-5,8-13,15,23,27H,14,16H2,1H3,(H,26,28). The molecule has 4 heteroatoms. The molecule has 0 saturated heterocycles. The van der Waals surface area contributed by atoms with Crippen LogP contribution in [0.25, 0.3) is 11.1 Å². The molecule has 144 valence electrons. The SMILES string of the molecule is Cc1ccc(C#CCNC(=O)OCC2c3ccccc3-c3ccccc32)c(O)c1. The molecule has 0 radical (unpaired) electrons. The van der Waals surface area contributed by atoms with Gasteiger partial charge in [-0.1, -0.05) is 66.4 Å². The Balaban J connectivity index is 1.35. The molecule has 0 aliphatic heterocycles. The van der Waals surface area contributed by atoms with Gasteiger partial charge < -0.3 is 15.2 Å². The van der Waals surface area contributed by atoms with Gasteiger partial charge in [-0.05, 0) is 46.9 Å². The molecule has 1 amide bonds. The van der Waals surface area contributed by atoms with Crippen molar-refractivity contribution >= 4 is 6.09 Å². The van der Waals surface area contributed by atoms with Gasteiger partial charge in [0.05, 0.1) is 12.1 Å². The lowest BCUT2D eigenvalue weighted by Crippen LogP contribution is -2.26. The van der Waals surface area contributed by atoms with Gasteiger partial charge in [-0.2, -0.15) is 0 Å². The van der Waals surface area contributed by atoms with Crippen molar-refractivity contribution in [2.24, 2.45) is 0 Å². The van der Waals surface area contributed by atoms with E-state index < -0.39 is 6.09 Å². The van der Waals surface area contributed by atoms with Crippen LogP contribution < -0.4 is 5.32 Å². The second-order valence-electron chi connectivity index (χ2n) is 7.00. The lowest BCUT2D eigenvalue weighted by molar-refractivity contribution is 0.144. The van der Waals surface area contributed by atoms with E-state index in [-0.39, 0.29) is 24.8 Å². The Kier molecular flexibility index (Phi) is 5.22. The van der Waals surface area contributed by atoms with E-state index in [1.807, 2.05) is 37.3 Å². The molecule has 3 aromatic rings. The molecule has 4 nitrogen and oxygen atoms in total. The average molecular weight is 383 g/mol. The fourth-order valence-corrected chi connectivity index (χ4v) is 3.65. The third-order valence-corrected chi connectivity index (χ3v) is 5.04. The fraction of sp³-hybridized carbons (Fsp3) is 0.160. The highest BCUT2D eigenvalue weighted by atomic mass is 16.5. The van der Waals surface area contributed by atoms with Gasteiger partial charge in [0.1, 0.15) is 12.4 Å². The zero-order valence-electron chi connectivity index (χ0n) is 16.1. The van der Waals surface area contributed by atoms with Crippen LogP contribution in [0.4, 0.5) is 4.79 Å². The molecule has 0 spiro atoms. The zero-order chi connectivity index (χ0) is 20.2. The van der Waals surface area contributed by atoms with Crippen molar-refractivity contribution in [1.29, 1.82) is 0 Å². The fourth-order valence-electron chi connectivity index (χ4n) is 3.65. The Labute approximate surface area is 170 Å². The van der Waals surface area contributed by atoms with Crippen LogP contribution in [-0.4, -0.2) is 24.4 Å². The first-order valence-electron chi connectivity index (χ1n) is 9.51. The minimum atomic E-state index is -0.505. The Hall–Kier alpha value is -3.71. The number of nitrogens with one attached hydrogen (secondary N) is 1. The van der Waals surface area contributed by atoms with Crippen molar-refractivity contribution in [2.45, 2.75) is 12.8 Å². The predicted octanol–water partition coefficient (Wildman–Crippen LogP) is 4.59. The monoisotopic (exact) mass is 383 g/mol. The van der Waals surface area contributed by atoms with E-state index in [1.165, 1.54) is 22.3 Å². The molecule has 0 unspecified atom stereocenters. The Morgan fingerprint density at radius 3 is 2.34 bits per heavy atom. The second kappa shape index (κ2) is 8.12. The van der Waals surface area contributed by atoms with Crippen LogP contribution in [0.3, 0.4) is 0 Å². The second-order valence-corrected chi connectivity index (χ2v) is 7.00. The highest BCUT2D eigenvalue weighted by Crippen LogP contribution is 2.44. The van der Waals surface area contributed by atoms with Gasteiger partial charge in [0, 0.05) is 5.92 Å². The maximum atomic E-state index is 12.1. The van der Waals surface area contributed by atoms with Gasteiger partial charge in [0.2, 0.25) is 0 Å².